The Bertz CT molecular complexity index is 822. The molecule has 132 valence electrons. The number of hydrogen-bond acceptors (Lipinski definition) is 2. The van der Waals surface area contributed by atoms with Gasteiger partial charge < -0.3 is 10.6 Å². The number of carbonyl (C=O) groups is 2. The molecule has 25 heavy (non-hydrogen) atoms. The second kappa shape index (κ2) is 7.83. The van der Waals surface area contributed by atoms with E-state index in [0.29, 0.717) is 18.2 Å². The molecule has 2 aromatic carbocycles. The first-order valence-electron chi connectivity index (χ1n) is 7.65. The number of aryl methyl sites for hydroxylation is 2. The topological polar surface area (TPSA) is 58.2 Å². The number of nitrogens with one attached hydrogen (secondary N) is 2. The van der Waals surface area contributed by atoms with Crippen LogP contribution in [-0.4, -0.2) is 18.4 Å². The molecule has 0 radical (unpaired) electrons. The van der Waals surface area contributed by atoms with Crippen molar-refractivity contribution in [2.24, 2.45) is 0 Å². The summed E-state index contributed by atoms with van der Waals surface area (Å²) in [5.41, 5.74) is 1.79. The van der Waals surface area contributed by atoms with E-state index in [-0.39, 0.29) is 0 Å². The van der Waals surface area contributed by atoms with Crippen LogP contribution in [0, 0.1) is 24.4 Å². The van der Waals surface area contributed by atoms with Gasteiger partial charge in [0.05, 0.1) is 12.1 Å². The van der Waals surface area contributed by atoms with E-state index < -0.39 is 41.4 Å². The molecule has 0 atom stereocenters. The fourth-order valence-corrected chi connectivity index (χ4v) is 2.34. The van der Waals surface area contributed by atoms with Gasteiger partial charge in [0, 0.05) is 5.69 Å². The van der Waals surface area contributed by atoms with Gasteiger partial charge in [-0.25, -0.2) is 13.2 Å². The van der Waals surface area contributed by atoms with Crippen molar-refractivity contribution in [1.29, 1.82) is 0 Å². The molecule has 0 unspecified atom stereocenters. The quantitative estimate of drug-likeness (QED) is 0.813. The van der Waals surface area contributed by atoms with E-state index in [1.807, 2.05) is 32.0 Å². The molecule has 0 aliphatic carbocycles. The Labute approximate surface area is 143 Å². The molecule has 0 spiro atoms. The summed E-state index contributed by atoms with van der Waals surface area (Å²) >= 11 is 0. The molecule has 2 amide bonds. The molecule has 0 saturated carbocycles. The van der Waals surface area contributed by atoms with Gasteiger partial charge in [-0.2, -0.15) is 0 Å². The first-order chi connectivity index (χ1) is 11.8. The molecule has 2 rings (SSSR count). The summed E-state index contributed by atoms with van der Waals surface area (Å²) in [6.07, 6.45) is 0.712. The second-order valence-electron chi connectivity index (χ2n) is 5.42. The van der Waals surface area contributed by atoms with Gasteiger partial charge in [-0.1, -0.05) is 25.1 Å². The molecule has 0 saturated heterocycles. The van der Waals surface area contributed by atoms with Gasteiger partial charge in [0.1, 0.15) is 0 Å². The smallest absolute Gasteiger partial charge is 0.254 e. The van der Waals surface area contributed by atoms with Crippen LogP contribution in [0.25, 0.3) is 0 Å². The van der Waals surface area contributed by atoms with Crippen LogP contribution in [0.1, 0.15) is 28.4 Å². The summed E-state index contributed by atoms with van der Waals surface area (Å²) < 4.78 is 39.6. The average molecular weight is 350 g/mol. The monoisotopic (exact) mass is 350 g/mol. The highest BCUT2D eigenvalue weighted by atomic mass is 19.2. The number of para-hydroxylation sites is 1. The molecule has 0 heterocycles. The van der Waals surface area contributed by atoms with Gasteiger partial charge in [0.2, 0.25) is 5.91 Å². The Morgan fingerprint density at radius 1 is 1.04 bits per heavy atom. The Morgan fingerprint density at radius 3 is 2.44 bits per heavy atom. The van der Waals surface area contributed by atoms with Gasteiger partial charge in [-0.15, -0.1) is 0 Å². The number of anilines is 1. The molecular formula is C18H17F3N2O2. The minimum Gasteiger partial charge on any atom is -0.343 e. The van der Waals surface area contributed by atoms with Gasteiger partial charge in [0.25, 0.3) is 5.91 Å². The number of hydrogen-bond donors (Lipinski definition) is 2. The van der Waals surface area contributed by atoms with Gasteiger partial charge in [-0.3, -0.25) is 9.59 Å². The van der Waals surface area contributed by atoms with Crippen LogP contribution in [-0.2, 0) is 11.2 Å². The number of amides is 2. The number of rotatable bonds is 5. The maximum Gasteiger partial charge on any atom is 0.254 e. The van der Waals surface area contributed by atoms with Crippen molar-refractivity contribution in [3.63, 3.8) is 0 Å². The van der Waals surface area contributed by atoms with Crippen molar-refractivity contribution < 1.29 is 22.8 Å². The summed E-state index contributed by atoms with van der Waals surface area (Å²) in [6, 6.07) is 7.05. The van der Waals surface area contributed by atoms with Crippen LogP contribution in [0.3, 0.4) is 0 Å². The molecule has 2 aromatic rings. The van der Waals surface area contributed by atoms with Crippen LogP contribution < -0.4 is 10.6 Å². The summed E-state index contributed by atoms with van der Waals surface area (Å²) in [5, 5.41) is 4.87. The van der Waals surface area contributed by atoms with E-state index in [9.17, 15) is 22.8 Å². The van der Waals surface area contributed by atoms with E-state index in [4.69, 9.17) is 0 Å². The molecule has 2 N–H and O–H groups in total. The maximum absolute atomic E-state index is 13.6. The van der Waals surface area contributed by atoms with E-state index >= 15 is 0 Å². The standard InChI is InChI=1S/C18H17F3N2O2/c1-3-11-6-4-5-10(2)17(11)23-14(24)9-22-18(25)12-7-8-13(19)16(21)15(12)20/h4-8H,3,9H2,1-2H3,(H,22,25)(H,23,24). The first kappa shape index (κ1) is 18.5. The van der Waals surface area contributed by atoms with Crippen LogP contribution in [0.2, 0.25) is 0 Å². The zero-order valence-corrected chi connectivity index (χ0v) is 13.8. The molecule has 0 bridgehead atoms. The number of halogens is 3. The van der Waals surface area contributed by atoms with Crippen molar-refractivity contribution in [2.45, 2.75) is 20.3 Å². The molecular weight excluding hydrogens is 333 g/mol. The Morgan fingerprint density at radius 2 is 1.76 bits per heavy atom. The molecule has 0 aliphatic rings. The largest absolute Gasteiger partial charge is 0.343 e. The van der Waals surface area contributed by atoms with Crippen molar-refractivity contribution in [3.8, 4) is 0 Å². The Balaban J connectivity index is 2.04. The Kier molecular flexibility index (Phi) is 5.80. The SMILES string of the molecule is CCc1cccc(C)c1NC(=O)CNC(=O)c1ccc(F)c(F)c1F. The average Bonchev–Trinajstić information content (AvgIpc) is 2.59. The minimum absolute atomic E-state index is 0.436. The minimum atomic E-state index is -1.73. The predicted molar refractivity (Wildman–Crippen MR) is 87.8 cm³/mol. The molecule has 0 aromatic heterocycles. The normalized spacial score (nSPS) is 10.4. The van der Waals surface area contributed by atoms with Crippen molar-refractivity contribution in [1.82, 2.24) is 5.32 Å². The summed E-state index contributed by atoms with van der Waals surface area (Å²) in [6.45, 7) is 3.34. The van der Waals surface area contributed by atoms with Crippen LogP contribution in [0.15, 0.2) is 30.3 Å². The van der Waals surface area contributed by atoms with E-state index in [0.717, 1.165) is 17.2 Å². The molecule has 4 nitrogen and oxygen atoms in total. The second-order valence-corrected chi connectivity index (χ2v) is 5.42. The summed E-state index contributed by atoms with van der Waals surface area (Å²) in [5.74, 6) is -6.24. The van der Waals surface area contributed by atoms with E-state index in [1.54, 1.807) is 0 Å². The van der Waals surface area contributed by atoms with Gasteiger partial charge in [-0.05, 0) is 36.6 Å². The van der Waals surface area contributed by atoms with E-state index in [1.165, 1.54) is 0 Å². The molecule has 0 fully saturated rings. The molecule has 0 aliphatic heterocycles. The lowest BCUT2D eigenvalue weighted by Gasteiger charge is -2.13. The fourth-order valence-electron chi connectivity index (χ4n) is 2.34. The predicted octanol–water partition coefficient (Wildman–Crippen LogP) is 3.34. The lowest BCUT2D eigenvalue weighted by molar-refractivity contribution is -0.115. The Hall–Kier alpha value is -2.83. The highest BCUT2D eigenvalue weighted by molar-refractivity contribution is 6.00. The number of carbonyl (C=O) groups excluding carboxylic acids is 2. The number of benzene rings is 2. The zero-order chi connectivity index (χ0) is 18.6. The van der Waals surface area contributed by atoms with Gasteiger partial charge in [0.15, 0.2) is 17.5 Å². The maximum atomic E-state index is 13.6. The third-order valence-corrected chi connectivity index (χ3v) is 3.69. The van der Waals surface area contributed by atoms with Crippen molar-refractivity contribution in [3.05, 3.63) is 64.5 Å². The highest BCUT2D eigenvalue weighted by Gasteiger charge is 2.19. The van der Waals surface area contributed by atoms with Crippen LogP contribution >= 0.6 is 0 Å². The third-order valence-electron chi connectivity index (χ3n) is 3.69. The lowest BCUT2D eigenvalue weighted by atomic mass is 10.1. The van der Waals surface area contributed by atoms with Crippen LogP contribution in [0.5, 0.6) is 0 Å². The molecule has 7 heteroatoms. The van der Waals surface area contributed by atoms with Crippen molar-refractivity contribution in [2.75, 3.05) is 11.9 Å². The highest BCUT2D eigenvalue weighted by Crippen LogP contribution is 2.21. The lowest BCUT2D eigenvalue weighted by Crippen LogP contribution is -2.33. The van der Waals surface area contributed by atoms with Crippen LogP contribution in [0.4, 0.5) is 18.9 Å². The van der Waals surface area contributed by atoms with E-state index in [2.05, 4.69) is 10.6 Å². The van der Waals surface area contributed by atoms with Gasteiger partial charge >= 0.3 is 0 Å². The van der Waals surface area contributed by atoms with Crippen molar-refractivity contribution >= 4 is 17.5 Å². The third kappa shape index (κ3) is 4.17. The zero-order valence-electron chi connectivity index (χ0n) is 13.8. The summed E-state index contributed by atoms with van der Waals surface area (Å²) in [4.78, 5) is 23.9. The summed E-state index contributed by atoms with van der Waals surface area (Å²) in [7, 11) is 0. The fraction of sp³-hybridized carbons (Fsp3) is 0.222. The first-order valence-corrected chi connectivity index (χ1v) is 7.65.